The third kappa shape index (κ3) is 4.86. The highest BCUT2D eigenvalue weighted by atomic mass is 35.5. The largest absolute Gasteiger partial charge is 0.350 e. The minimum atomic E-state index is -0.393. The van der Waals surface area contributed by atoms with Gasteiger partial charge in [-0.2, -0.15) is 0 Å². The number of nitrogens with zero attached hydrogens (tertiary/aromatic N) is 1. The summed E-state index contributed by atoms with van der Waals surface area (Å²) in [7, 11) is 0. The number of halogens is 1. The van der Waals surface area contributed by atoms with Gasteiger partial charge in [0.2, 0.25) is 11.8 Å². The minimum absolute atomic E-state index is 0.135. The van der Waals surface area contributed by atoms with E-state index >= 15 is 0 Å². The van der Waals surface area contributed by atoms with Gasteiger partial charge in [0.15, 0.2) is 0 Å². The number of carbonyl (C=O) groups is 3. The van der Waals surface area contributed by atoms with Crippen LogP contribution in [0.4, 0.5) is 5.69 Å². The fourth-order valence-electron chi connectivity index (χ4n) is 2.88. The van der Waals surface area contributed by atoms with Crippen LogP contribution in [0.1, 0.15) is 28.8 Å². The summed E-state index contributed by atoms with van der Waals surface area (Å²) >= 11 is 5.96. The van der Waals surface area contributed by atoms with Crippen LogP contribution >= 0.6 is 11.6 Å². The normalized spacial score (nSPS) is 13.5. The molecule has 0 bridgehead atoms. The number of anilines is 1. The summed E-state index contributed by atoms with van der Waals surface area (Å²) in [5.74, 6) is -0.546. The van der Waals surface area contributed by atoms with E-state index in [4.69, 9.17) is 11.6 Å². The second-order valence-corrected chi connectivity index (χ2v) is 6.66. The highest BCUT2D eigenvalue weighted by molar-refractivity contribution is 6.33. The smallest absolute Gasteiger partial charge is 0.253 e. The second-order valence-electron chi connectivity index (χ2n) is 6.25. The van der Waals surface area contributed by atoms with Gasteiger partial charge in [-0.05, 0) is 36.2 Å². The average molecular weight is 386 g/mol. The Morgan fingerprint density at radius 3 is 2.44 bits per heavy atom. The number of amides is 3. The van der Waals surface area contributed by atoms with Crippen LogP contribution in [0.15, 0.2) is 48.5 Å². The lowest BCUT2D eigenvalue weighted by Crippen LogP contribution is -2.36. The summed E-state index contributed by atoms with van der Waals surface area (Å²) in [6.07, 6.45) is 1.48. The van der Waals surface area contributed by atoms with Crippen molar-refractivity contribution in [1.82, 2.24) is 10.6 Å². The molecule has 6 nitrogen and oxygen atoms in total. The maximum atomic E-state index is 12.0. The molecule has 1 heterocycles. The average Bonchev–Trinajstić information content (AvgIpc) is 3.11. The maximum absolute atomic E-state index is 12.0. The molecule has 0 unspecified atom stereocenters. The molecule has 0 aromatic heterocycles. The van der Waals surface area contributed by atoms with Crippen LogP contribution in [-0.4, -0.2) is 30.8 Å². The van der Waals surface area contributed by atoms with E-state index in [1.165, 1.54) is 0 Å². The van der Waals surface area contributed by atoms with E-state index in [2.05, 4.69) is 10.6 Å². The molecule has 3 amide bonds. The summed E-state index contributed by atoms with van der Waals surface area (Å²) in [5, 5.41) is 5.64. The lowest BCUT2D eigenvalue weighted by Gasteiger charge is -2.16. The summed E-state index contributed by atoms with van der Waals surface area (Å²) in [6, 6.07) is 14.2. The third-order valence-corrected chi connectivity index (χ3v) is 4.67. The van der Waals surface area contributed by atoms with E-state index in [9.17, 15) is 14.4 Å². The highest BCUT2D eigenvalue weighted by Crippen LogP contribution is 2.21. The molecule has 1 aliphatic rings. The van der Waals surface area contributed by atoms with E-state index in [1.807, 2.05) is 24.3 Å². The van der Waals surface area contributed by atoms with Gasteiger partial charge in [0, 0.05) is 25.2 Å². The fourth-order valence-corrected chi connectivity index (χ4v) is 3.10. The van der Waals surface area contributed by atoms with Gasteiger partial charge in [-0.3, -0.25) is 14.4 Å². The number of benzene rings is 2. The Labute approximate surface area is 162 Å². The molecule has 2 aromatic carbocycles. The molecule has 0 spiro atoms. The summed E-state index contributed by atoms with van der Waals surface area (Å²) in [4.78, 5) is 37.5. The van der Waals surface area contributed by atoms with Crippen molar-refractivity contribution in [3.63, 3.8) is 0 Å². The molecule has 0 radical (unpaired) electrons. The van der Waals surface area contributed by atoms with Crippen LogP contribution in [0, 0.1) is 0 Å². The predicted octanol–water partition coefficient (Wildman–Crippen LogP) is 2.51. The third-order valence-electron chi connectivity index (χ3n) is 4.34. The monoisotopic (exact) mass is 385 g/mol. The van der Waals surface area contributed by atoms with Crippen molar-refractivity contribution in [1.29, 1.82) is 0 Å². The van der Waals surface area contributed by atoms with Gasteiger partial charge in [0.25, 0.3) is 5.91 Å². The first kappa shape index (κ1) is 18.9. The van der Waals surface area contributed by atoms with Crippen LogP contribution in [0.2, 0.25) is 5.02 Å². The molecule has 1 fully saturated rings. The number of carbonyl (C=O) groups excluding carboxylic acids is 3. The lowest BCUT2D eigenvalue weighted by molar-refractivity contribution is -0.120. The quantitative estimate of drug-likeness (QED) is 0.802. The summed E-state index contributed by atoms with van der Waals surface area (Å²) in [5.41, 5.74) is 2.12. The Morgan fingerprint density at radius 2 is 1.78 bits per heavy atom. The fraction of sp³-hybridized carbons (Fsp3) is 0.250. The van der Waals surface area contributed by atoms with Gasteiger partial charge in [0.05, 0.1) is 17.1 Å². The molecule has 2 N–H and O–H groups in total. The van der Waals surface area contributed by atoms with E-state index in [0.29, 0.717) is 23.6 Å². The molecular formula is C20H20ClN3O3. The Hall–Kier alpha value is -2.86. The number of rotatable bonds is 6. The minimum Gasteiger partial charge on any atom is -0.350 e. The standard InChI is InChI=1S/C20H20ClN3O3/c21-17-5-2-1-4-16(17)20(27)23-13-18(25)22-12-14-7-9-15(10-8-14)24-11-3-6-19(24)26/h1-2,4-5,7-10H,3,6,11-13H2,(H,22,25)(H,23,27). The first-order valence-corrected chi connectivity index (χ1v) is 9.11. The van der Waals surface area contributed by atoms with Crippen LogP contribution < -0.4 is 15.5 Å². The van der Waals surface area contributed by atoms with Crippen LogP contribution in [0.5, 0.6) is 0 Å². The number of nitrogens with one attached hydrogen (secondary N) is 2. The molecule has 7 heteroatoms. The topological polar surface area (TPSA) is 78.5 Å². The summed E-state index contributed by atoms with van der Waals surface area (Å²) in [6.45, 7) is 0.958. The zero-order chi connectivity index (χ0) is 19.2. The van der Waals surface area contributed by atoms with E-state index in [0.717, 1.165) is 24.2 Å². The van der Waals surface area contributed by atoms with Gasteiger partial charge >= 0.3 is 0 Å². The predicted molar refractivity (Wildman–Crippen MR) is 104 cm³/mol. The van der Waals surface area contributed by atoms with Crippen LogP contribution in [-0.2, 0) is 16.1 Å². The van der Waals surface area contributed by atoms with Crippen molar-refractivity contribution in [3.8, 4) is 0 Å². The molecule has 27 heavy (non-hydrogen) atoms. The van der Waals surface area contributed by atoms with Crippen molar-refractivity contribution in [2.24, 2.45) is 0 Å². The highest BCUT2D eigenvalue weighted by Gasteiger charge is 2.21. The van der Waals surface area contributed by atoms with Crippen molar-refractivity contribution < 1.29 is 14.4 Å². The van der Waals surface area contributed by atoms with Crippen molar-refractivity contribution in [2.75, 3.05) is 18.0 Å². The number of hydrogen-bond donors (Lipinski definition) is 2. The van der Waals surface area contributed by atoms with Gasteiger partial charge in [-0.15, -0.1) is 0 Å². The molecular weight excluding hydrogens is 366 g/mol. The molecule has 3 rings (SSSR count). The lowest BCUT2D eigenvalue weighted by atomic mass is 10.2. The Balaban J connectivity index is 1.46. The Kier molecular flexibility index (Phi) is 6.08. The zero-order valence-electron chi connectivity index (χ0n) is 14.7. The van der Waals surface area contributed by atoms with Crippen molar-refractivity contribution >= 4 is 35.0 Å². The van der Waals surface area contributed by atoms with E-state index in [-0.39, 0.29) is 18.4 Å². The van der Waals surface area contributed by atoms with Crippen LogP contribution in [0.3, 0.4) is 0 Å². The maximum Gasteiger partial charge on any atom is 0.253 e. The molecule has 2 aromatic rings. The molecule has 0 saturated carbocycles. The van der Waals surface area contributed by atoms with Gasteiger partial charge < -0.3 is 15.5 Å². The molecule has 1 aliphatic heterocycles. The van der Waals surface area contributed by atoms with Crippen molar-refractivity contribution in [3.05, 3.63) is 64.7 Å². The molecule has 0 aliphatic carbocycles. The Bertz CT molecular complexity index is 852. The van der Waals surface area contributed by atoms with Crippen molar-refractivity contribution in [2.45, 2.75) is 19.4 Å². The summed E-state index contributed by atoms with van der Waals surface area (Å²) < 4.78 is 0. The van der Waals surface area contributed by atoms with Gasteiger partial charge in [-0.25, -0.2) is 0 Å². The van der Waals surface area contributed by atoms with E-state index < -0.39 is 5.91 Å². The first-order valence-electron chi connectivity index (χ1n) is 8.73. The van der Waals surface area contributed by atoms with Gasteiger partial charge in [-0.1, -0.05) is 35.9 Å². The van der Waals surface area contributed by atoms with E-state index in [1.54, 1.807) is 29.2 Å². The second kappa shape index (κ2) is 8.68. The van der Waals surface area contributed by atoms with Crippen LogP contribution in [0.25, 0.3) is 0 Å². The number of hydrogen-bond acceptors (Lipinski definition) is 3. The van der Waals surface area contributed by atoms with Gasteiger partial charge in [0.1, 0.15) is 0 Å². The zero-order valence-corrected chi connectivity index (χ0v) is 15.5. The SMILES string of the molecule is O=C(CNC(=O)c1ccccc1Cl)NCc1ccc(N2CCCC2=O)cc1. The molecule has 0 atom stereocenters. The Morgan fingerprint density at radius 1 is 1.04 bits per heavy atom. The molecule has 1 saturated heterocycles. The first-order chi connectivity index (χ1) is 13.0. The molecule has 140 valence electrons.